The summed E-state index contributed by atoms with van der Waals surface area (Å²) in [7, 11) is 1.62. The lowest BCUT2D eigenvalue weighted by Crippen LogP contribution is -2.34. The summed E-state index contributed by atoms with van der Waals surface area (Å²) in [6, 6.07) is 8.12. The van der Waals surface area contributed by atoms with Crippen molar-refractivity contribution in [3.8, 4) is 0 Å². The Hall–Kier alpha value is -1.06. The van der Waals surface area contributed by atoms with E-state index in [1.54, 1.807) is 12.0 Å². The Morgan fingerprint density at radius 2 is 2.00 bits per heavy atom. The Balaban J connectivity index is 2.64. The molecule has 0 saturated heterocycles. The fourth-order valence-electron chi connectivity index (χ4n) is 1.49. The molecule has 1 aromatic rings. The van der Waals surface area contributed by atoms with Crippen molar-refractivity contribution in [2.45, 2.75) is 13.5 Å². The van der Waals surface area contributed by atoms with Crippen LogP contribution in [0.2, 0.25) is 0 Å². The van der Waals surface area contributed by atoms with Gasteiger partial charge in [-0.1, -0.05) is 29.8 Å². The van der Waals surface area contributed by atoms with E-state index in [-0.39, 0.29) is 11.8 Å². The van der Waals surface area contributed by atoms with Gasteiger partial charge in [0.15, 0.2) is 0 Å². The summed E-state index contributed by atoms with van der Waals surface area (Å²) < 4.78 is 4.99. The molecule has 0 N–H and O–H groups in total. The lowest BCUT2D eigenvalue weighted by Gasteiger charge is -2.21. The Labute approximate surface area is 107 Å². The van der Waals surface area contributed by atoms with Gasteiger partial charge in [-0.15, -0.1) is 11.6 Å². The first-order valence-corrected chi connectivity index (χ1v) is 6.09. The second-order valence-corrected chi connectivity index (χ2v) is 4.19. The predicted molar refractivity (Wildman–Crippen MR) is 69.2 cm³/mol. The van der Waals surface area contributed by atoms with Crippen LogP contribution in [0.5, 0.6) is 0 Å². The monoisotopic (exact) mass is 255 g/mol. The molecular weight excluding hydrogens is 238 g/mol. The van der Waals surface area contributed by atoms with Crippen LogP contribution in [0.25, 0.3) is 0 Å². The highest BCUT2D eigenvalue weighted by molar-refractivity contribution is 6.27. The fourth-order valence-corrected chi connectivity index (χ4v) is 1.66. The smallest absolute Gasteiger partial charge is 0.237 e. The number of hydrogen-bond donors (Lipinski definition) is 0. The maximum absolute atomic E-state index is 11.6. The third-order valence-corrected chi connectivity index (χ3v) is 2.76. The van der Waals surface area contributed by atoms with E-state index in [9.17, 15) is 4.79 Å². The van der Waals surface area contributed by atoms with Crippen molar-refractivity contribution in [1.82, 2.24) is 4.90 Å². The number of ether oxygens (including phenoxy) is 1. The predicted octanol–water partition coefficient (Wildman–Crippen LogP) is 2.21. The highest BCUT2D eigenvalue weighted by Gasteiger charge is 2.12. The topological polar surface area (TPSA) is 29.5 Å². The van der Waals surface area contributed by atoms with E-state index >= 15 is 0 Å². The van der Waals surface area contributed by atoms with Crippen molar-refractivity contribution in [3.05, 3.63) is 35.4 Å². The SMILES string of the molecule is COCCN(Cc1ccc(C)cc1)C(=O)CCl. The third-order valence-electron chi connectivity index (χ3n) is 2.53. The summed E-state index contributed by atoms with van der Waals surface area (Å²) in [6.45, 7) is 3.70. The van der Waals surface area contributed by atoms with Gasteiger partial charge in [-0.2, -0.15) is 0 Å². The molecule has 94 valence electrons. The van der Waals surface area contributed by atoms with Crippen molar-refractivity contribution >= 4 is 17.5 Å². The first kappa shape index (κ1) is 14.0. The lowest BCUT2D eigenvalue weighted by molar-refractivity contribution is -0.129. The van der Waals surface area contributed by atoms with E-state index in [4.69, 9.17) is 16.3 Å². The third kappa shape index (κ3) is 4.75. The van der Waals surface area contributed by atoms with Crippen LogP contribution in [0.1, 0.15) is 11.1 Å². The van der Waals surface area contributed by atoms with E-state index in [2.05, 4.69) is 0 Å². The van der Waals surface area contributed by atoms with Crippen LogP contribution in [0.4, 0.5) is 0 Å². The lowest BCUT2D eigenvalue weighted by atomic mass is 10.1. The number of benzene rings is 1. The van der Waals surface area contributed by atoms with E-state index in [1.807, 2.05) is 31.2 Å². The van der Waals surface area contributed by atoms with Gasteiger partial charge >= 0.3 is 0 Å². The minimum Gasteiger partial charge on any atom is -0.383 e. The molecule has 0 aliphatic heterocycles. The molecule has 0 fully saturated rings. The van der Waals surface area contributed by atoms with Crippen LogP contribution in [0.3, 0.4) is 0 Å². The zero-order valence-corrected chi connectivity index (χ0v) is 11.0. The maximum atomic E-state index is 11.6. The molecule has 4 heteroatoms. The van der Waals surface area contributed by atoms with Crippen molar-refractivity contribution in [2.24, 2.45) is 0 Å². The van der Waals surface area contributed by atoms with Gasteiger partial charge in [-0.05, 0) is 12.5 Å². The number of methoxy groups -OCH3 is 1. The number of alkyl halides is 1. The standard InChI is InChI=1S/C13H18ClNO2/c1-11-3-5-12(6-4-11)10-15(7-8-17-2)13(16)9-14/h3-6H,7-10H2,1-2H3. The number of rotatable bonds is 6. The van der Waals surface area contributed by atoms with Crippen molar-refractivity contribution in [1.29, 1.82) is 0 Å². The normalized spacial score (nSPS) is 10.3. The Bertz CT molecular complexity index is 351. The molecule has 0 aromatic heterocycles. The molecule has 0 saturated carbocycles. The molecule has 0 aliphatic carbocycles. The van der Waals surface area contributed by atoms with Crippen LogP contribution < -0.4 is 0 Å². The first-order chi connectivity index (χ1) is 8.17. The molecule has 0 spiro atoms. The zero-order chi connectivity index (χ0) is 12.7. The molecule has 3 nitrogen and oxygen atoms in total. The van der Waals surface area contributed by atoms with E-state index in [1.165, 1.54) is 5.56 Å². The van der Waals surface area contributed by atoms with E-state index in [0.29, 0.717) is 19.7 Å². The molecule has 0 bridgehead atoms. The summed E-state index contributed by atoms with van der Waals surface area (Å²) in [4.78, 5) is 13.3. The van der Waals surface area contributed by atoms with Gasteiger partial charge in [0.25, 0.3) is 0 Å². The average molecular weight is 256 g/mol. The highest BCUT2D eigenvalue weighted by Crippen LogP contribution is 2.07. The second-order valence-electron chi connectivity index (χ2n) is 3.93. The number of halogens is 1. The highest BCUT2D eigenvalue weighted by atomic mass is 35.5. The summed E-state index contributed by atoms with van der Waals surface area (Å²) in [6.07, 6.45) is 0. The minimum atomic E-state index is -0.0655. The van der Waals surface area contributed by atoms with Crippen LogP contribution in [0.15, 0.2) is 24.3 Å². The summed E-state index contributed by atoms with van der Waals surface area (Å²) in [5.74, 6) is -0.0560. The zero-order valence-electron chi connectivity index (χ0n) is 10.3. The molecule has 0 heterocycles. The van der Waals surface area contributed by atoms with Crippen LogP contribution in [-0.2, 0) is 16.1 Å². The maximum Gasteiger partial charge on any atom is 0.237 e. The number of aryl methyl sites for hydroxylation is 1. The van der Waals surface area contributed by atoms with Crippen molar-refractivity contribution in [3.63, 3.8) is 0 Å². The van der Waals surface area contributed by atoms with Gasteiger partial charge in [-0.3, -0.25) is 4.79 Å². The van der Waals surface area contributed by atoms with Gasteiger partial charge in [0.2, 0.25) is 5.91 Å². The Morgan fingerprint density at radius 1 is 1.35 bits per heavy atom. The largest absolute Gasteiger partial charge is 0.383 e. The van der Waals surface area contributed by atoms with Crippen LogP contribution in [-0.4, -0.2) is 36.9 Å². The van der Waals surface area contributed by atoms with Gasteiger partial charge < -0.3 is 9.64 Å². The van der Waals surface area contributed by atoms with Crippen molar-refractivity contribution < 1.29 is 9.53 Å². The minimum absolute atomic E-state index is 0.00950. The number of carbonyl (C=O) groups excluding carboxylic acids is 1. The Morgan fingerprint density at radius 3 is 2.53 bits per heavy atom. The molecule has 1 rings (SSSR count). The van der Waals surface area contributed by atoms with Gasteiger partial charge in [0.05, 0.1) is 6.61 Å². The number of carbonyl (C=O) groups is 1. The molecule has 1 aromatic carbocycles. The number of nitrogens with zero attached hydrogens (tertiary/aromatic N) is 1. The van der Waals surface area contributed by atoms with Crippen molar-refractivity contribution in [2.75, 3.05) is 26.1 Å². The summed E-state index contributed by atoms with van der Waals surface area (Å²) in [5.41, 5.74) is 2.31. The average Bonchev–Trinajstić information content (AvgIpc) is 2.36. The molecule has 0 radical (unpaired) electrons. The molecule has 0 atom stereocenters. The molecular formula is C13H18ClNO2. The van der Waals surface area contributed by atoms with Gasteiger partial charge in [0, 0.05) is 20.2 Å². The molecule has 0 aliphatic rings. The molecule has 1 amide bonds. The van der Waals surface area contributed by atoms with Gasteiger partial charge in [0.1, 0.15) is 5.88 Å². The summed E-state index contributed by atoms with van der Waals surface area (Å²) >= 11 is 5.59. The van der Waals surface area contributed by atoms with Crippen LogP contribution >= 0.6 is 11.6 Å². The summed E-state index contributed by atoms with van der Waals surface area (Å²) in [5, 5.41) is 0. The number of amides is 1. The van der Waals surface area contributed by atoms with E-state index < -0.39 is 0 Å². The quantitative estimate of drug-likeness (QED) is 0.730. The number of hydrogen-bond acceptors (Lipinski definition) is 2. The Kier molecular flexibility index (Phi) is 6.01. The second kappa shape index (κ2) is 7.30. The first-order valence-electron chi connectivity index (χ1n) is 5.55. The van der Waals surface area contributed by atoms with E-state index in [0.717, 1.165) is 5.56 Å². The van der Waals surface area contributed by atoms with Crippen LogP contribution in [0, 0.1) is 6.92 Å². The molecule has 0 unspecified atom stereocenters. The molecule has 17 heavy (non-hydrogen) atoms. The fraction of sp³-hybridized carbons (Fsp3) is 0.462. The van der Waals surface area contributed by atoms with Gasteiger partial charge in [-0.25, -0.2) is 0 Å².